The van der Waals surface area contributed by atoms with Crippen molar-refractivity contribution in [1.82, 2.24) is 0 Å². The van der Waals surface area contributed by atoms with E-state index in [1.807, 2.05) is 0 Å². The first-order valence-electron chi connectivity index (χ1n) is 2.58. The molecule has 0 radical (unpaired) electrons. The van der Waals surface area contributed by atoms with Crippen LogP contribution in [-0.2, 0) is 0 Å². The van der Waals surface area contributed by atoms with Gasteiger partial charge in [0.25, 0.3) is 0 Å². The van der Waals surface area contributed by atoms with E-state index in [0.717, 1.165) is 0 Å². The van der Waals surface area contributed by atoms with Crippen molar-refractivity contribution in [1.29, 1.82) is 0 Å². The van der Waals surface area contributed by atoms with E-state index in [1.54, 1.807) is 24.3 Å². The third kappa shape index (κ3) is 1.70. The predicted octanol–water partition coefficient (Wildman–Crippen LogP) is 2.40. The molecule has 1 aromatic rings. The molecule has 0 unspecified atom stereocenters. The molecule has 52 valence electrons. The van der Waals surface area contributed by atoms with Crippen LogP contribution in [0.1, 0.15) is 0 Å². The molecule has 0 aliphatic heterocycles. The molecule has 4 heteroatoms. The fourth-order valence-corrected chi connectivity index (χ4v) is 0.664. The largest absolute Gasteiger partial charge is 0.324 e. The van der Waals surface area contributed by atoms with E-state index in [9.17, 15) is 4.91 Å². The Bertz CT molecular complexity index is 222. The Morgan fingerprint density at radius 3 is 2.40 bits per heavy atom. The van der Waals surface area contributed by atoms with Gasteiger partial charge in [-0.15, -0.1) is 4.91 Å². The number of nitrogens with zero attached hydrogens (tertiary/aromatic N) is 1. The molecule has 0 heterocycles. The summed E-state index contributed by atoms with van der Waals surface area (Å²) >= 11 is 5.55. The predicted molar refractivity (Wildman–Crippen MR) is 37.9 cm³/mol. The van der Waals surface area contributed by atoms with Gasteiger partial charge in [0, 0.05) is 5.02 Å². The van der Waals surface area contributed by atoms with Crippen LogP contribution < -0.4 is 4.84 Å². The van der Waals surface area contributed by atoms with Crippen LogP contribution in [0.5, 0.6) is 5.75 Å². The topological polar surface area (TPSA) is 38.7 Å². The summed E-state index contributed by atoms with van der Waals surface area (Å²) in [6.07, 6.45) is 0. The van der Waals surface area contributed by atoms with Gasteiger partial charge in [-0.3, -0.25) is 0 Å². The summed E-state index contributed by atoms with van der Waals surface area (Å²) < 4.78 is 0. The van der Waals surface area contributed by atoms with Gasteiger partial charge in [-0.2, -0.15) is 0 Å². The maximum absolute atomic E-state index is 9.55. The first kappa shape index (κ1) is 7.02. The van der Waals surface area contributed by atoms with E-state index in [1.165, 1.54) is 0 Å². The molecule has 0 atom stereocenters. The summed E-state index contributed by atoms with van der Waals surface area (Å²) in [4.78, 5) is 13.8. The minimum atomic E-state index is 0.388. The van der Waals surface area contributed by atoms with Gasteiger partial charge in [0.05, 0.1) is 0 Å². The van der Waals surface area contributed by atoms with Gasteiger partial charge in [-0.05, 0) is 24.3 Å². The summed E-state index contributed by atoms with van der Waals surface area (Å²) in [6, 6.07) is 6.34. The Balaban J connectivity index is 2.78. The van der Waals surface area contributed by atoms with Crippen molar-refractivity contribution in [2.75, 3.05) is 0 Å². The van der Waals surface area contributed by atoms with E-state index in [0.29, 0.717) is 10.8 Å². The molecule has 3 nitrogen and oxygen atoms in total. The van der Waals surface area contributed by atoms with E-state index in [-0.39, 0.29) is 0 Å². The summed E-state index contributed by atoms with van der Waals surface area (Å²) in [5.41, 5.74) is 0. The van der Waals surface area contributed by atoms with E-state index in [4.69, 9.17) is 11.6 Å². The highest BCUT2D eigenvalue weighted by atomic mass is 35.5. The maximum Gasteiger partial charge on any atom is 0.161 e. The molecule has 0 N–H and O–H groups in total. The molecule has 0 spiro atoms. The number of hydrogen-bond donors (Lipinski definition) is 0. The van der Waals surface area contributed by atoms with Gasteiger partial charge >= 0.3 is 0 Å². The lowest BCUT2D eigenvalue weighted by Crippen LogP contribution is -1.77. The van der Waals surface area contributed by atoms with Crippen molar-refractivity contribution in [3.05, 3.63) is 34.2 Å². The minimum Gasteiger partial charge on any atom is -0.324 e. The van der Waals surface area contributed by atoms with Crippen LogP contribution in [0.3, 0.4) is 0 Å². The normalized spacial score (nSPS) is 8.90. The minimum absolute atomic E-state index is 0.388. The third-order valence-electron chi connectivity index (χ3n) is 0.956. The number of benzene rings is 1. The van der Waals surface area contributed by atoms with E-state index >= 15 is 0 Å². The lowest BCUT2D eigenvalue weighted by atomic mass is 10.3. The molecule has 0 saturated carbocycles. The molecule has 0 fully saturated rings. The molecule has 0 saturated heterocycles. The fraction of sp³-hybridized carbons (Fsp3) is 0. The van der Waals surface area contributed by atoms with Crippen LogP contribution in [0.25, 0.3) is 0 Å². The monoisotopic (exact) mass is 157 g/mol. The van der Waals surface area contributed by atoms with Crippen molar-refractivity contribution >= 4 is 11.6 Å². The van der Waals surface area contributed by atoms with Crippen LogP contribution >= 0.6 is 11.6 Å². The van der Waals surface area contributed by atoms with E-state index < -0.39 is 0 Å². The zero-order chi connectivity index (χ0) is 7.40. The smallest absolute Gasteiger partial charge is 0.161 e. The van der Waals surface area contributed by atoms with Crippen LogP contribution in [0.4, 0.5) is 0 Å². The first-order valence-corrected chi connectivity index (χ1v) is 2.96. The second-order valence-electron chi connectivity index (χ2n) is 1.62. The number of halogens is 1. The highest BCUT2D eigenvalue weighted by Crippen LogP contribution is 2.15. The molecule has 0 aliphatic rings. The van der Waals surface area contributed by atoms with Crippen molar-refractivity contribution in [2.45, 2.75) is 0 Å². The van der Waals surface area contributed by atoms with Crippen LogP contribution in [0.15, 0.2) is 29.6 Å². The zero-order valence-electron chi connectivity index (χ0n) is 4.95. The Kier molecular flexibility index (Phi) is 2.23. The van der Waals surface area contributed by atoms with Gasteiger partial charge < -0.3 is 4.84 Å². The molecule has 1 aromatic carbocycles. The molecule has 0 amide bonds. The SMILES string of the molecule is O=NOc1ccc(Cl)cc1. The van der Waals surface area contributed by atoms with Crippen molar-refractivity contribution in [3.8, 4) is 5.75 Å². The standard InChI is InChI=1S/C6H4ClNO2/c7-5-1-3-6(4-2-5)10-8-9/h1-4H. The Morgan fingerprint density at radius 2 is 1.90 bits per heavy atom. The zero-order valence-corrected chi connectivity index (χ0v) is 5.71. The number of hydrogen-bond acceptors (Lipinski definition) is 3. The molecule has 0 bridgehead atoms. The summed E-state index contributed by atoms with van der Waals surface area (Å²) in [7, 11) is 0. The Labute approximate surface area is 62.5 Å². The van der Waals surface area contributed by atoms with Gasteiger partial charge in [0.2, 0.25) is 0 Å². The quantitative estimate of drug-likeness (QED) is 0.489. The Hall–Kier alpha value is -1.09. The summed E-state index contributed by atoms with van der Waals surface area (Å²) in [6.45, 7) is 0. The first-order chi connectivity index (χ1) is 4.83. The van der Waals surface area contributed by atoms with Gasteiger partial charge in [0.15, 0.2) is 11.1 Å². The molecular formula is C6H4ClNO2. The highest BCUT2D eigenvalue weighted by molar-refractivity contribution is 6.30. The second-order valence-corrected chi connectivity index (χ2v) is 2.06. The molecule has 10 heavy (non-hydrogen) atoms. The highest BCUT2D eigenvalue weighted by Gasteiger charge is 1.91. The molecule has 0 aromatic heterocycles. The fourth-order valence-electron chi connectivity index (χ4n) is 0.538. The van der Waals surface area contributed by atoms with Crippen LogP contribution in [0.2, 0.25) is 5.02 Å². The molecule has 0 aliphatic carbocycles. The van der Waals surface area contributed by atoms with Crippen LogP contribution in [0, 0.1) is 4.91 Å². The summed E-state index contributed by atoms with van der Waals surface area (Å²) in [5.74, 6) is 0.388. The second kappa shape index (κ2) is 3.17. The summed E-state index contributed by atoms with van der Waals surface area (Å²) in [5, 5.41) is 2.84. The van der Waals surface area contributed by atoms with Crippen molar-refractivity contribution in [2.24, 2.45) is 5.34 Å². The average Bonchev–Trinajstić information content (AvgIpc) is 1.95. The van der Waals surface area contributed by atoms with Crippen molar-refractivity contribution in [3.63, 3.8) is 0 Å². The van der Waals surface area contributed by atoms with Gasteiger partial charge in [-0.25, -0.2) is 0 Å². The average molecular weight is 158 g/mol. The van der Waals surface area contributed by atoms with E-state index in [2.05, 4.69) is 10.2 Å². The molecule has 1 rings (SSSR count). The lowest BCUT2D eigenvalue weighted by Gasteiger charge is -1.92. The van der Waals surface area contributed by atoms with Crippen LogP contribution in [-0.4, -0.2) is 0 Å². The Morgan fingerprint density at radius 1 is 1.30 bits per heavy atom. The van der Waals surface area contributed by atoms with Gasteiger partial charge in [0.1, 0.15) is 0 Å². The maximum atomic E-state index is 9.55. The van der Waals surface area contributed by atoms with Gasteiger partial charge in [-0.1, -0.05) is 11.6 Å². The molecular weight excluding hydrogens is 154 g/mol. The third-order valence-corrected chi connectivity index (χ3v) is 1.21. The lowest BCUT2D eigenvalue weighted by molar-refractivity contribution is 0.335. The number of rotatable bonds is 2. The van der Waals surface area contributed by atoms with Crippen molar-refractivity contribution < 1.29 is 4.84 Å².